The molecule has 5 aromatic rings. The van der Waals surface area contributed by atoms with Crippen LogP contribution in [0.25, 0.3) is 42.6 Å². The first-order valence-electron chi connectivity index (χ1n) is 14.1. The van der Waals surface area contributed by atoms with Crippen LogP contribution in [-0.4, -0.2) is 19.2 Å². The lowest BCUT2D eigenvalue weighted by atomic mass is 9.82. The van der Waals surface area contributed by atoms with E-state index in [4.69, 9.17) is 4.98 Å². The van der Waals surface area contributed by atoms with Crippen molar-refractivity contribution < 1.29 is 13.2 Å². The number of halogens is 3. The molecular weight excluding hydrogens is 552 g/mol. The van der Waals surface area contributed by atoms with Crippen LogP contribution >= 0.6 is 11.3 Å². The average Bonchev–Trinajstić information content (AvgIpc) is 3.31. The zero-order valence-electron chi connectivity index (χ0n) is 25.1. The molecule has 0 atom stereocenters. The lowest BCUT2D eigenvalue weighted by Gasteiger charge is -2.27. The normalized spacial score (nSPS) is 13.3. The van der Waals surface area contributed by atoms with Crippen molar-refractivity contribution >= 4 is 45.5 Å². The number of nitrogens with zero attached hydrogens (tertiary/aromatic N) is 1. The van der Waals surface area contributed by atoms with E-state index in [1.54, 1.807) is 11.3 Å². The Balaban J connectivity index is 1.66. The van der Waals surface area contributed by atoms with Crippen LogP contribution in [0.4, 0.5) is 13.2 Å². The minimum atomic E-state index is -4.25. The van der Waals surface area contributed by atoms with Gasteiger partial charge in [-0.05, 0) is 68.1 Å². The first-order chi connectivity index (χ1) is 19.0. The molecule has 1 nitrogen and oxygen atoms in total. The number of alkyl halides is 3. The number of pyridine rings is 1. The first-order valence-corrected chi connectivity index (χ1v) is 18.4. The van der Waals surface area contributed by atoms with Crippen molar-refractivity contribution in [3.8, 4) is 21.7 Å². The van der Waals surface area contributed by atoms with Gasteiger partial charge < -0.3 is 0 Å². The zero-order chi connectivity index (χ0) is 30.0. The summed E-state index contributed by atoms with van der Waals surface area (Å²) in [5, 5.41) is 5.02. The fourth-order valence-corrected chi connectivity index (χ4v) is 8.18. The first kappa shape index (κ1) is 29.5. The van der Waals surface area contributed by atoms with Crippen molar-refractivity contribution in [2.75, 3.05) is 0 Å². The second kappa shape index (κ2) is 10.1. The maximum absolute atomic E-state index is 13.5. The molecular formula is C35H38F3NSSi. The van der Waals surface area contributed by atoms with Gasteiger partial charge in [-0.1, -0.05) is 103 Å². The van der Waals surface area contributed by atoms with E-state index >= 15 is 0 Å². The molecule has 0 bridgehead atoms. The Hall–Kier alpha value is -2.96. The summed E-state index contributed by atoms with van der Waals surface area (Å²) in [6, 6.07) is 22.9. The number of hydrogen-bond donors (Lipinski definition) is 0. The second-order valence-electron chi connectivity index (χ2n) is 13.9. The maximum Gasteiger partial charge on any atom is 0.394 e. The minimum Gasteiger partial charge on any atom is -0.255 e. The highest BCUT2D eigenvalue weighted by Crippen LogP contribution is 2.43. The molecule has 0 unspecified atom stereocenters. The van der Waals surface area contributed by atoms with Crippen LogP contribution in [0.3, 0.4) is 0 Å². The highest BCUT2D eigenvalue weighted by molar-refractivity contribution is 7.23. The Bertz CT molecular complexity index is 1730. The lowest BCUT2D eigenvalue weighted by molar-refractivity contribution is -0.211. The number of rotatable bonds is 5. The third-order valence-electron chi connectivity index (χ3n) is 7.96. The van der Waals surface area contributed by atoms with Gasteiger partial charge in [-0.15, -0.1) is 11.3 Å². The largest absolute Gasteiger partial charge is 0.394 e. The van der Waals surface area contributed by atoms with E-state index in [1.807, 2.05) is 24.3 Å². The standard InChI is InChI=1S/C35H38F3NSSi/c1-33(2,3)28-18-25(17-24-11-9-10-12-26(24)28)31-32-27(30(21-39-31)41(6,7)8)19-29(40-32)23-15-13-22(14-16-23)20-34(4,5)35(36,37)38/h9-19,21H,20H2,1-8H3. The Morgan fingerprint density at radius 3 is 2.05 bits per heavy atom. The van der Waals surface area contributed by atoms with E-state index in [2.05, 4.69) is 89.1 Å². The lowest BCUT2D eigenvalue weighted by Crippen LogP contribution is -2.38. The van der Waals surface area contributed by atoms with Gasteiger partial charge in [0, 0.05) is 16.6 Å². The van der Waals surface area contributed by atoms with E-state index in [1.165, 1.54) is 40.8 Å². The zero-order valence-corrected chi connectivity index (χ0v) is 26.9. The fourth-order valence-electron chi connectivity index (χ4n) is 5.44. The summed E-state index contributed by atoms with van der Waals surface area (Å²) in [6.45, 7) is 16.3. The number of aromatic nitrogens is 1. The van der Waals surface area contributed by atoms with Crippen LogP contribution < -0.4 is 5.19 Å². The van der Waals surface area contributed by atoms with E-state index in [0.29, 0.717) is 5.56 Å². The Kier molecular flexibility index (Phi) is 7.27. The van der Waals surface area contributed by atoms with Gasteiger partial charge in [-0.25, -0.2) is 0 Å². The van der Waals surface area contributed by atoms with Crippen LogP contribution in [-0.2, 0) is 11.8 Å². The summed E-state index contributed by atoms with van der Waals surface area (Å²) < 4.78 is 41.6. The van der Waals surface area contributed by atoms with Gasteiger partial charge in [-0.3, -0.25) is 4.98 Å². The van der Waals surface area contributed by atoms with Gasteiger partial charge in [0.25, 0.3) is 0 Å². The molecule has 5 rings (SSSR count). The molecule has 214 valence electrons. The second-order valence-corrected chi connectivity index (χ2v) is 20.0. The highest BCUT2D eigenvalue weighted by Gasteiger charge is 2.46. The van der Waals surface area contributed by atoms with Crippen molar-refractivity contribution in [3.05, 3.63) is 84.1 Å². The Morgan fingerprint density at radius 1 is 0.780 bits per heavy atom. The number of hydrogen-bond acceptors (Lipinski definition) is 2. The fraction of sp³-hybridized carbons (Fsp3) is 0.343. The molecule has 41 heavy (non-hydrogen) atoms. The SMILES string of the molecule is CC(C)(C)c1cc(-c2ncc([Si](C)(C)C)c3cc(-c4ccc(CC(C)(C)C(F)(F)F)cc4)sc23)cc2ccccc12. The topological polar surface area (TPSA) is 12.9 Å². The molecule has 0 aliphatic rings. The molecule has 0 radical (unpaired) electrons. The predicted molar refractivity (Wildman–Crippen MR) is 173 cm³/mol. The molecule has 0 saturated heterocycles. The molecule has 2 aromatic heterocycles. The van der Waals surface area contributed by atoms with E-state index in [-0.39, 0.29) is 11.8 Å². The van der Waals surface area contributed by atoms with Gasteiger partial charge >= 0.3 is 6.18 Å². The van der Waals surface area contributed by atoms with Crippen LogP contribution in [0.5, 0.6) is 0 Å². The van der Waals surface area contributed by atoms with Crippen molar-refractivity contribution in [1.29, 1.82) is 0 Å². The quantitative estimate of drug-likeness (QED) is 0.186. The van der Waals surface area contributed by atoms with E-state index in [0.717, 1.165) is 26.4 Å². The van der Waals surface area contributed by atoms with Crippen LogP contribution in [0.15, 0.2) is 72.9 Å². The van der Waals surface area contributed by atoms with Gasteiger partial charge in [0.1, 0.15) is 0 Å². The summed E-state index contributed by atoms with van der Waals surface area (Å²) in [7, 11) is -1.71. The van der Waals surface area contributed by atoms with Crippen molar-refractivity contribution in [2.24, 2.45) is 5.41 Å². The highest BCUT2D eigenvalue weighted by atomic mass is 32.1. The molecule has 0 aliphatic heterocycles. The molecule has 6 heteroatoms. The van der Waals surface area contributed by atoms with Gasteiger partial charge in [-0.2, -0.15) is 13.2 Å². The summed E-state index contributed by atoms with van der Waals surface area (Å²) in [6.07, 6.45) is -2.22. The van der Waals surface area contributed by atoms with Crippen LogP contribution in [0, 0.1) is 5.41 Å². The molecule has 0 spiro atoms. The van der Waals surface area contributed by atoms with Crippen molar-refractivity contribution in [3.63, 3.8) is 0 Å². The Labute approximate surface area is 246 Å². The molecule has 3 aromatic carbocycles. The van der Waals surface area contributed by atoms with Gasteiger partial charge in [0.2, 0.25) is 0 Å². The predicted octanol–water partition coefficient (Wildman–Crippen LogP) is 10.8. The monoisotopic (exact) mass is 589 g/mol. The smallest absolute Gasteiger partial charge is 0.255 e. The summed E-state index contributed by atoms with van der Waals surface area (Å²) >= 11 is 1.72. The molecule has 0 fully saturated rings. The number of benzene rings is 3. The Morgan fingerprint density at radius 2 is 1.44 bits per heavy atom. The van der Waals surface area contributed by atoms with Crippen LogP contribution in [0.2, 0.25) is 19.6 Å². The maximum atomic E-state index is 13.5. The number of thiophene rings is 1. The van der Waals surface area contributed by atoms with E-state index in [9.17, 15) is 13.2 Å². The molecule has 2 heterocycles. The van der Waals surface area contributed by atoms with Crippen molar-refractivity contribution in [1.82, 2.24) is 4.98 Å². The summed E-state index contributed by atoms with van der Waals surface area (Å²) in [5.41, 5.74) is 3.29. The van der Waals surface area contributed by atoms with Gasteiger partial charge in [0.15, 0.2) is 0 Å². The number of fused-ring (bicyclic) bond motifs is 2. The van der Waals surface area contributed by atoms with Crippen molar-refractivity contribution in [2.45, 2.75) is 72.3 Å². The van der Waals surface area contributed by atoms with Crippen LogP contribution in [0.1, 0.15) is 45.7 Å². The molecule has 0 aliphatic carbocycles. The average molecular weight is 590 g/mol. The third-order valence-corrected chi connectivity index (χ3v) is 11.2. The molecule has 0 N–H and O–H groups in total. The molecule has 0 saturated carbocycles. The summed E-state index contributed by atoms with van der Waals surface area (Å²) in [4.78, 5) is 6.20. The molecule has 0 amide bonds. The van der Waals surface area contributed by atoms with E-state index < -0.39 is 19.7 Å². The van der Waals surface area contributed by atoms with Gasteiger partial charge in [0.05, 0.1) is 23.9 Å². The third kappa shape index (κ3) is 5.74. The summed E-state index contributed by atoms with van der Waals surface area (Å²) in [5.74, 6) is 0. The minimum absolute atomic E-state index is 0.0317.